The Hall–Kier alpha value is -2.29. The summed E-state index contributed by atoms with van der Waals surface area (Å²) in [6.07, 6.45) is 0.400. The fourth-order valence-corrected chi connectivity index (χ4v) is 2.38. The number of rotatable bonds is 3. The van der Waals surface area contributed by atoms with Crippen molar-refractivity contribution < 1.29 is 9.53 Å². The second-order valence-corrected chi connectivity index (χ2v) is 4.46. The molecule has 0 spiro atoms. The van der Waals surface area contributed by atoms with E-state index in [1.54, 1.807) is 6.92 Å². The average molecular weight is 253 g/mol. The molecule has 0 unspecified atom stereocenters. The van der Waals surface area contributed by atoms with E-state index >= 15 is 0 Å². The minimum atomic E-state index is -0.179. The van der Waals surface area contributed by atoms with Gasteiger partial charge in [0.25, 0.3) is 0 Å². The van der Waals surface area contributed by atoms with E-state index < -0.39 is 0 Å². The van der Waals surface area contributed by atoms with Gasteiger partial charge in [0, 0.05) is 17.2 Å². The smallest absolute Gasteiger partial charge is 0.307 e. The Morgan fingerprint density at radius 2 is 1.53 bits per heavy atom. The van der Waals surface area contributed by atoms with Gasteiger partial charge in [-0.1, -0.05) is 43.3 Å². The lowest BCUT2D eigenvalue weighted by atomic mass is 10.2. The highest BCUT2D eigenvalue weighted by atomic mass is 16.5. The normalized spacial score (nSPS) is 11.0. The third-order valence-electron chi connectivity index (χ3n) is 3.32. The number of carbonyl (C=O) groups is 1. The Kier molecular flexibility index (Phi) is 2.95. The molecule has 19 heavy (non-hydrogen) atoms. The van der Waals surface area contributed by atoms with Crippen LogP contribution in [0, 0.1) is 0 Å². The first-order chi connectivity index (χ1) is 9.31. The lowest BCUT2D eigenvalue weighted by Gasteiger charge is -2.07. The number of para-hydroxylation sites is 2. The topological polar surface area (TPSA) is 31.2 Å². The van der Waals surface area contributed by atoms with Gasteiger partial charge in [0.05, 0.1) is 11.0 Å². The van der Waals surface area contributed by atoms with Crippen LogP contribution in [-0.4, -0.2) is 10.5 Å². The summed E-state index contributed by atoms with van der Waals surface area (Å²) in [5.41, 5.74) is 2.18. The van der Waals surface area contributed by atoms with E-state index in [9.17, 15) is 4.79 Å². The summed E-state index contributed by atoms with van der Waals surface area (Å²) in [5.74, 6) is -0.179. The van der Waals surface area contributed by atoms with Crippen LogP contribution in [0.3, 0.4) is 0 Å². The van der Waals surface area contributed by atoms with E-state index in [1.165, 1.54) is 10.8 Å². The first kappa shape index (κ1) is 11.8. The summed E-state index contributed by atoms with van der Waals surface area (Å²) in [5, 5.41) is 2.37. The van der Waals surface area contributed by atoms with Gasteiger partial charge in [-0.2, -0.15) is 0 Å². The molecule has 3 aromatic rings. The molecular weight excluding hydrogens is 238 g/mol. The molecule has 1 heterocycles. The third-order valence-corrected chi connectivity index (χ3v) is 3.32. The SMILES string of the molecule is CCC(=O)OCn1c2ccccc2c2ccccc21. The van der Waals surface area contributed by atoms with Gasteiger partial charge >= 0.3 is 5.97 Å². The van der Waals surface area contributed by atoms with Crippen LogP contribution in [0.4, 0.5) is 0 Å². The van der Waals surface area contributed by atoms with Gasteiger partial charge in [-0.15, -0.1) is 0 Å². The van der Waals surface area contributed by atoms with Crippen LogP contribution in [0.25, 0.3) is 21.8 Å². The van der Waals surface area contributed by atoms with Crippen molar-refractivity contribution in [1.82, 2.24) is 4.57 Å². The summed E-state index contributed by atoms with van der Waals surface area (Å²) in [6, 6.07) is 16.3. The standard InChI is InChI=1S/C16H15NO2/c1-2-16(18)19-11-17-14-9-5-3-7-12(14)13-8-4-6-10-15(13)17/h3-10H,2,11H2,1H3. The monoisotopic (exact) mass is 253 g/mol. The lowest BCUT2D eigenvalue weighted by Crippen LogP contribution is -2.07. The van der Waals surface area contributed by atoms with E-state index in [4.69, 9.17) is 4.74 Å². The number of ether oxygens (including phenoxy) is 1. The predicted octanol–water partition coefficient (Wildman–Crippen LogP) is 3.71. The molecular formula is C16H15NO2. The van der Waals surface area contributed by atoms with Gasteiger partial charge in [-0.25, -0.2) is 0 Å². The number of benzene rings is 2. The first-order valence-corrected chi connectivity index (χ1v) is 6.43. The van der Waals surface area contributed by atoms with Gasteiger partial charge in [-0.3, -0.25) is 4.79 Å². The summed E-state index contributed by atoms with van der Waals surface area (Å²) in [4.78, 5) is 11.3. The molecule has 0 fully saturated rings. The molecule has 0 saturated carbocycles. The van der Waals surface area contributed by atoms with Crippen LogP contribution < -0.4 is 0 Å². The van der Waals surface area contributed by atoms with Crippen LogP contribution in [0.5, 0.6) is 0 Å². The van der Waals surface area contributed by atoms with Gasteiger partial charge in [-0.05, 0) is 12.1 Å². The molecule has 0 radical (unpaired) electrons. The Balaban J connectivity index is 2.16. The largest absolute Gasteiger partial charge is 0.444 e. The second kappa shape index (κ2) is 4.76. The van der Waals surface area contributed by atoms with Crippen LogP contribution in [0.15, 0.2) is 48.5 Å². The Labute approximate surface area is 111 Å². The molecule has 0 aliphatic heterocycles. The molecule has 0 saturated heterocycles. The zero-order chi connectivity index (χ0) is 13.2. The van der Waals surface area contributed by atoms with Gasteiger partial charge in [0.2, 0.25) is 0 Å². The molecule has 0 atom stereocenters. The minimum Gasteiger partial charge on any atom is -0.444 e. The first-order valence-electron chi connectivity index (χ1n) is 6.43. The Morgan fingerprint density at radius 3 is 2.05 bits per heavy atom. The lowest BCUT2D eigenvalue weighted by molar-refractivity contribution is -0.146. The molecule has 0 aliphatic carbocycles. The van der Waals surface area contributed by atoms with Crippen molar-refractivity contribution in [3.05, 3.63) is 48.5 Å². The molecule has 0 amide bonds. The second-order valence-electron chi connectivity index (χ2n) is 4.46. The number of hydrogen-bond donors (Lipinski definition) is 0. The van der Waals surface area contributed by atoms with E-state index in [1.807, 2.05) is 28.8 Å². The minimum absolute atomic E-state index is 0.179. The maximum atomic E-state index is 11.3. The Bertz CT molecular complexity index is 689. The molecule has 0 N–H and O–H groups in total. The number of hydrogen-bond acceptors (Lipinski definition) is 2. The molecule has 3 heteroatoms. The van der Waals surface area contributed by atoms with Gasteiger partial charge in [0.15, 0.2) is 6.73 Å². The highest BCUT2D eigenvalue weighted by molar-refractivity contribution is 6.07. The number of aromatic nitrogens is 1. The summed E-state index contributed by atoms with van der Waals surface area (Å²) in [7, 11) is 0. The van der Waals surface area contributed by atoms with Crippen molar-refractivity contribution in [2.24, 2.45) is 0 Å². The maximum absolute atomic E-state index is 11.3. The maximum Gasteiger partial charge on any atom is 0.307 e. The van der Waals surface area contributed by atoms with Crippen molar-refractivity contribution in [3.8, 4) is 0 Å². The number of nitrogens with zero attached hydrogens (tertiary/aromatic N) is 1. The van der Waals surface area contributed by atoms with Crippen LogP contribution in [-0.2, 0) is 16.3 Å². The van der Waals surface area contributed by atoms with Crippen molar-refractivity contribution in [3.63, 3.8) is 0 Å². The fourth-order valence-electron chi connectivity index (χ4n) is 2.38. The summed E-state index contributed by atoms with van der Waals surface area (Å²) < 4.78 is 7.32. The molecule has 0 bridgehead atoms. The average Bonchev–Trinajstić information content (AvgIpc) is 2.79. The third kappa shape index (κ3) is 1.97. The number of carbonyl (C=O) groups excluding carboxylic acids is 1. The summed E-state index contributed by atoms with van der Waals surface area (Å²) >= 11 is 0. The van der Waals surface area contributed by atoms with Crippen molar-refractivity contribution in [2.45, 2.75) is 20.1 Å². The van der Waals surface area contributed by atoms with Crippen molar-refractivity contribution in [2.75, 3.05) is 0 Å². The van der Waals surface area contributed by atoms with Crippen LogP contribution in [0.1, 0.15) is 13.3 Å². The van der Waals surface area contributed by atoms with Crippen LogP contribution in [0.2, 0.25) is 0 Å². The summed E-state index contributed by atoms with van der Waals surface area (Å²) in [6.45, 7) is 2.06. The molecule has 0 aliphatic rings. The fraction of sp³-hybridized carbons (Fsp3) is 0.188. The zero-order valence-electron chi connectivity index (χ0n) is 10.8. The highest BCUT2D eigenvalue weighted by Gasteiger charge is 2.10. The van der Waals surface area contributed by atoms with Crippen molar-refractivity contribution >= 4 is 27.8 Å². The Morgan fingerprint density at radius 1 is 1.00 bits per heavy atom. The van der Waals surface area contributed by atoms with Gasteiger partial charge < -0.3 is 9.30 Å². The van der Waals surface area contributed by atoms with E-state index in [-0.39, 0.29) is 12.7 Å². The molecule has 3 rings (SSSR count). The molecule has 2 aromatic carbocycles. The quantitative estimate of drug-likeness (QED) is 0.666. The molecule has 3 nitrogen and oxygen atoms in total. The highest BCUT2D eigenvalue weighted by Crippen LogP contribution is 2.28. The molecule has 96 valence electrons. The molecule has 1 aromatic heterocycles. The predicted molar refractivity (Wildman–Crippen MR) is 75.8 cm³/mol. The zero-order valence-corrected chi connectivity index (χ0v) is 10.8. The van der Waals surface area contributed by atoms with E-state index in [0.29, 0.717) is 6.42 Å². The van der Waals surface area contributed by atoms with Crippen molar-refractivity contribution in [1.29, 1.82) is 0 Å². The van der Waals surface area contributed by atoms with E-state index in [2.05, 4.69) is 24.3 Å². The van der Waals surface area contributed by atoms with Crippen LogP contribution >= 0.6 is 0 Å². The number of esters is 1. The number of fused-ring (bicyclic) bond motifs is 3. The van der Waals surface area contributed by atoms with E-state index in [0.717, 1.165) is 11.0 Å². The van der Waals surface area contributed by atoms with Gasteiger partial charge in [0.1, 0.15) is 0 Å².